The molecule has 114 valence electrons. The van der Waals surface area contributed by atoms with E-state index < -0.39 is 0 Å². The van der Waals surface area contributed by atoms with Crippen molar-refractivity contribution in [2.24, 2.45) is 10.7 Å². The topological polar surface area (TPSA) is 72.5 Å². The predicted molar refractivity (Wildman–Crippen MR) is 85.3 cm³/mol. The molecule has 1 aromatic rings. The second-order valence-corrected chi connectivity index (χ2v) is 5.54. The summed E-state index contributed by atoms with van der Waals surface area (Å²) >= 11 is 0. The minimum Gasteiger partial charge on any atom is -0.474 e. The van der Waals surface area contributed by atoms with Gasteiger partial charge in [-0.15, -0.1) is 0 Å². The number of ether oxygens (including phenoxy) is 1. The molecular weight excluding hydrogens is 264 g/mol. The first-order chi connectivity index (χ1) is 10.1. The maximum atomic E-state index is 5.88. The Morgan fingerprint density at radius 3 is 3.00 bits per heavy atom. The van der Waals surface area contributed by atoms with E-state index in [9.17, 15) is 0 Å². The summed E-state index contributed by atoms with van der Waals surface area (Å²) in [5, 5.41) is 3.01. The largest absolute Gasteiger partial charge is 0.474 e. The molecule has 1 aliphatic rings. The number of nitrogens with one attached hydrogen (secondary N) is 1. The zero-order valence-corrected chi connectivity index (χ0v) is 12.6. The lowest BCUT2D eigenvalue weighted by atomic mass is 10.2. The highest BCUT2D eigenvalue weighted by Crippen LogP contribution is 2.23. The Labute approximate surface area is 126 Å². The van der Waals surface area contributed by atoms with Gasteiger partial charge in [0.25, 0.3) is 0 Å². The van der Waals surface area contributed by atoms with Crippen molar-refractivity contribution in [1.29, 1.82) is 0 Å². The third-order valence-corrected chi connectivity index (χ3v) is 3.39. The number of nitrogens with zero attached hydrogens (tertiary/aromatic N) is 2. The Morgan fingerprint density at radius 1 is 1.52 bits per heavy atom. The highest BCUT2D eigenvalue weighted by molar-refractivity contribution is 5.78. The Kier molecular flexibility index (Phi) is 5.60. The van der Waals surface area contributed by atoms with Crippen LogP contribution in [0.1, 0.15) is 38.2 Å². The van der Waals surface area contributed by atoms with E-state index in [0.29, 0.717) is 31.0 Å². The van der Waals surface area contributed by atoms with Crippen LogP contribution in [0.2, 0.25) is 0 Å². The molecule has 1 aliphatic carbocycles. The average Bonchev–Trinajstić information content (AvgIpc) is 2.96. The van der Waals surface area contributed by atoms with Gasteiger partial charge in [0.1, 0.15) is 6.10 Å². The molecule has 3 N–H and O–H groups in total. The lowest BCUT2D eigenvalue weighted by Gasteiger charge is -2.12. The van der Waals surface area contributed by atoms with E-state index in [4.69, 9.17) is 10.5 Å². The van der Waals surface area contributed by atoms with Crippen molar-refractivity contribution in [3.05, 3.63) is 36.0 Å². The summed E-state index contributed by atoms with van der Waals surface area (Å²) in [5.74, 6) is 1.11. The minimum atomic E-state index is 0.318. The summed E-state index contributed by atoms with van der Waals surface area (Å²) in [6.07, 6.45) is 6.83. The van der Waals surface area contributed by atoms with Crippen LogP contribution in [0, 0.1) is 0 Å². The third kappa shape index (κ3) is 5.45. The fraction of sp³-hybridized carbons (Fsp3) is 0.500. The number of guanidine groups is 1. The maximum absolute atomic E-state index is 5.88. The second-order valence-electron chi connectivity index (χ2n) is 5.54. The Hall–Kier alpha value is -2.04. The van der Waals surface area contributed by atoms with Gasteiger partial charge < -0.3 is 15.8 Å². The molecule has 1 aromatic heterocycles. The quantitative estimate of drug-likeness (QED) is 0.479. The average molecular weight is 288 g/mol. The van der Waals surface area contributed by atoms with Crippen molar-refractivity contribution >= 4 is 5.96 Å². The van der Waals surface area contributed by atoms with Gasteiger partial charge in [-0.3, -0.25) is 0 Å². The van der Waals surface area contributed by atoms with Gasteiger partial charge in [0.2, 0.25) is 5.88 Å². The zero-order chi connectivity index (χ0) is 15.1. The number of hydrogen-bond acceptors (Lipinski definition) is 3. The molecule has 0 aromatic carbocycles. The van der Waals surface area contributed by atoms with Gasteiger partial charge in [-0.1, -0.05) is 12.2 Å². The molecule has 0 radical (unpaired) electrons. The van der Waals surface area contributed by atoms with E-state index in [-0.39, 0.29) is 0 Å². The number of rotatable bonds is 6. The van der Waals surface area contributed by atoms with Gasteiger partial charge in [-0.05, 0) is 44.2 Å². The SMILES string of the molecule is C=C(C)CNC(N)=NCc1ccnc(OC2CCCC2)c1. The molecule has 2 rings (SSSR count). The monoisotopic (exact) mass is 288 g/mol. The highest BCUT2D eigenvalue weighted by Gasteiger charge is 2.16. The Balaban J connectivity index is 1.88. The fourth-order valence-corrected chi connectivity index (χ4v) is 2.26. The third-order valence-electron chi connectivity index (χ3n) is 3.39. The molecule has 0 atom stereocenters. The molecule has 1 fully saturated rings. The van der Waals surface area contributed by atoms with Crippen molar-refractivity contribution in [2.45, 2.75) is 45.3 Å². The van der Waals surface area contributed by atoms with Crippen LogP contribution >= 0.6 is 0 Å². The molecular formula is C16H24N4O. The summed E-state index contributed by atoms with van der Waals surface area (Å²) < 4.78 is 5.88. The van der Waals surface area contributed by atoms with Crippen LogP contribution in [0.15, 0.2) is 35.5 Å². The number of pyridine rings is 1. The molecule has 5 nitrogen and oxygen atoms in total. The molecule has 0 aliphatic heterocycles. The molecule has 0 bridgehead atoms. The summed E-state index contributed by atoms with van der Waals surface area (Å²) in [5.41, 5.74) is 7.85. The van der Waals surface area contributed by atoms with E-state index in [1.807, 2.05) is 19.1 Å². The van der Waals surface area contributed by atoms with Crippen LogP contribution in [0.5, 0.6) is 5.88 Å². The van der Waals surface area contributed by atoms with Crippen molar-refractivity contribution < 1.29 is 4.74 Å². The first kappa shape index (κ1) is 15.4. The van der Waals surface area contributed by atoms with Crippen LogP contribution in [0.4, 0.5) is 0 Å². The number of aromatic nitrogens is 1. The predicted octanol–water partition coefficient (Wildman–Crippen LogP) is 2.38. The van der Waals surface area contributed by atoms with Crippen molar-refractivity contribution in [1.82, 2.24) is 10.3 Å². The van der Waals surface area contributed by atoms with Crippen molar-refractivity contribution in [2.75, 3.05) is 6.54 Å². The van der Waals surface area contributed by atoms with Crippen LogP contribution in [-0.4, -0.2) is 23.6 Å². The second kappa shape index (κ2) is 7.67. The van der Waals surface area contributed by atoms with E-state index in [0.717, 1.165) is 24.0 Å². The van der Waals surface area contributed by atoms with Gasteiger partial charge in [0, 0.05) is 18.8 Å². The molecule has 0 unspecified atom stereocenters. The van der Waals surface area contributed by atoms with Crippen LogP contribution < -0.4 is 15.8 Å². The Bertz CT molecular complexity index is 507. The molecule has 0 saturated heterocycles. The van der Waals surface area contributed by atoms with Crippen LogP contribution in [0.3, 0.4) is 0 Å². The molecule has 1 saturated carbocycles. The normalized spacial score (nSPS) is 16.0. The van der Waals surface area contributed by atoms with E-state index in [1.54, 1.807) is 6.20 Å². The molecule has 21 heavy (non-hydrogen) atoms. The van der Waals surface area contributed by atoms with Crippen molar-refractivity contribution in [3.8, 4) is 5.88 Å². The van der Waals surface area contributed by atoms with E-state index in [1.165, 1.54) is 12.8 Å². The first-order valence-corrected chi connectivity index (χ1v) is 7.43. The molecule has 1 heterocycles. The minimum absolute atomic E-state index is 0.318. The number of hydrogen-bond donors (Lipinski definition) is 2. The van der Waals surface area contributed by atoms with Crippen LogP contribution in [0.25, 0.3) is 0 Å². The summed E-state index contributed by atoms with van der Waals surface area (Å²) in [7, 11) is 0. The molecule has 0 amide bonds. The summed E-state index contributed by atoms with van der Waals surface area (Å²) in [6.45, 7) is 6.90. The number of aliphatic imine (C=N–C) groups is 1. The standard InChI is InChI=1S/C16H24N4O/c1-12(2)10-19-16(17)20-11-13-7-8-18-15(9-13)21-14-5-3-4-6-14/h7-9,14H,1,3-6,10-11H2,2H3,(H3,17,19,20). The summed E-state index contributed by atoms with van der Waals surface area (Å²) in [4.78, 5) is 8.56. The highest BCUT2D eigenvalue weighted by atomic mass is 16.5. The van der Waals surface area contributed by atoms with Gasteiger partial charge >= 0.3 is 0 Å². The first-order valence-electron chi connectivity index (χ1n) is 7.43. The lowest BCUT2D eigenvalue weighted by molar-refractivity contribution is 0.201. The molecule has 5 heteroatoms. The summed E-state index contributed by atoms with van der Waals surface area (Å²) in [6, 6.07) is 3.87. The Morgan fingerprint density at radius 2 is 2.29 bits per heavy atom. The smallest absolute Gasteiger partial charge is 0.213 e. The van der Waals surface area contributed by atoms with Crippen molar-refractivity contribution in [3.63, 3.8) is 0 Å². The molecule has 0 spiro atoms. The van der Waals surface area contributed by atoms with E-state index in [2.05, 4.69) is 21.9 Å². The van der Waals surface area contributed by atoms with Crippen LogP contribution in [-0.2, 0) is 6.54 Å². The van der Waals surface area contributed by atoms with Gasteiger partial charge in [0.05, 0.1) is 6.54 Å². The van der Waals surface area contributed by atoms with Gasteiger partial charge in [-0.25, -0.2) is 9.98 Å². The van der Waals surface area contributed by atoms with E-state index >= 15 is 0 Å². The lowest BCUT2D eigenvalue weighted by Crippen LogP contribution is -2.32. The maximum Gasteiger partial charge on any atom is 0.213 e. The number of nitrogens with two attached hydrogens (primary N) is 1. The fourth-order valence-electron chi connectivity index (χ4n) is 2.26. The van der Waals surface area contributed by atoms with Gasteiger partial charge in [0.15, 0.2) is 5.96 Å². The van der Waals surface area contributed by atoms with Gasteiger partial charge in [-0.2, -0.15) is 0 Å². The zero-order valence-electron chi connectivity index (χ0n) is 12.6.